The molecule has 6 nitrogen and oxygen atoms in total. The SMILES string of the molecule is COC(=O)c1ccc2c(C(=O)C(F)(F)F)cn(CC(=O)Nc3ccccc3C)c2c1. The summed E-state index contributed by atoms with van der Waals surface area (Å²) >= 11 is 0. The molecule has 9 heteroatoms. The third-order valence-electron chi connectivity index (χ3n) is 4.54. The van der Waals surface area contributed by atoms with Gasteiger partial charge in [0.2, 0.25) is 5.91 Å². The van der Waals surface area contributed by atoms with E-state index in [0.717, 1.165) is 11.8 Å². The van der Waals surface area contributed by atoms with Gasteiger partial charge in [-0.15, -0.1) is 0 Å². The van der Waals surface area contributed by atoms with Crippen LogP contribution in [0.4, 0.5) is 18.9 Å². The molecule has 0 fully saturated rings. The second-order valence-electron chi connectivity index (χ2n) is 6.58. The Balaban J connectivity index is 2.03. The largest absolute Gasteiger partial charge is 0.465 e. The number of amides is 1. The Morgan fingerprint density at radius 2 is 1.80 bits per heavy atom. The fourth-order valence-corrected chi connectivity index (χ4v) is 3.06. The smallest absolute Gasteiger partial charge is 0.454 e. The average molecular weight is 418 g/mol. The second-order valence-corrected chi connectivity index (χ2v) is 6.58. The van der Waals surface area contributed by atoms with Gasteiger partial charge >= 0.3 is 12.1 Å². The molecule has 1 amide bonds. The molecule has 30 heavy (non-hydrogen) atoms. The zero-order chi connectivity index (χ0) is 22.1. The third-order valence-corrected chi connectivity index (χ3v) is 4.54. The summed E-state index contributed by atoms with van der Waals surface area (Å²) < 4.78 is 44.9. The minimum atomic E-state index is -5.08. The predicted octanol–water partition coefficient (Wildman–Crippen LogP) is 4.12. The number of esters is 1. The van der Waals surface area contributed by atoms with Crippen molar-refractivity contribution < 1.29 is 32.3 Å². The molecule has 1 aromatic heterocycles. The Bertz CT molecular complexity index is 1150. The molecule has 0 radical (unpaired) electrons. The summed E-state index contributed by atoms with van der Waals surface area (Å²) in [6.45, 7) is 1.43. The molecule has 1 heterocycles. The summed E-state index contributed by atoms with van der Waals surface area (Å²) in [5.41, 5.74) is 0.975. The average Bonchev–Trinajstić information content (AvgIpc) is 3.05. The summed E-state index contributed by atoms with van der Waals surface area (Å²) in [4.78, 5) is 36.2. The van der Waals surface area contributed by atoms with Crippen molar-refractivity contribution in [3.05, 3.63) is 65.4 Å². The molecule has 0 spiro atoms. The molecule has 0 atom stereocenters. The number of anilines is 1. The molecule has 0 unspecified atom stereocenters. The van der Waals surface area contributed by atoms with Crippen LogP contribution >= 0.6 is 0 Å². The van der Waals surface area contributed by atoms with Crippen molar-refractivity contribution in [2.24, 2.45) is 0 Å². The standard InChI is InChI=1S/C21H17F3N2O4/c1-12-5-3-4-6-16(12)25-18(27)11-26-10-15(19(28)21(22,23)24)14-8-7-13(9-17(14)26)20(29)30-2/h3-10H,11H2,1-2H3,(H,25,27). The first-order valence-electron chi connectivity index (χ1n) is 8.80. The van der Waals surface area contributed by atoms with Crippen molar-refractivity contribution in [2.45, 2.75) is 19.6 Å². The Morgan fingerprint density at radius 1 is 1.10 bits per heavy atom. The highest BCUT2D eigenvalue weighted by molar-refractivity contribution is 6.11. The van der Waals surface area contributed by atoms with Gasteiger partial charge < -0.3 is 14.6 Å². The van der Waals surface area contributed by atoms with Crippen LogP contribution in [-0.2, 0) is 16.1 Å². The van der Waals surface area contributed by atoms with E-state index in [2.05, 4.69) is 10.1 Å². The van der Waals surface area contributed by atoms with Crippen LogP contribution in [0.3, 0.4) is 0 Å². The van der Waals surface area contributed by atoms with Gasteiger partial charge in [-0.05, 0) is 30.7 Å². The first-order valence-corrected chi connectivity index (χ1v) is 8.80. The summed E-state index contributed by atoms with van der Waals surface area (Å²) in [5.74, 6) is -3.23. The van der Waals surface area contributed by atoms with Crippen LogP contribution < -0.4 is 5.32 Å². The van der Waals surface area contributed by atoms with Gasteiger partial charge in [0.25, 0.3) is 5.78 Å². The van der Waals surface area contributed by atoms with Crippen LogP contribution in [0.1, 0.15) is 26.3 Å². The normalized spacial score (nSPS) is 11.4. The molecule has 2 aromatic carbocycles. The van der Waals surface area contributed by atoms with E-state index in [4.69, 9.17) is 0 Å². The van der Waals surface area contributed by atoms with Gasteiger partial charge in [-0.25, -0.2) is 4.79 Å². The first kappa shape index (κ1) is 21.1. The van der Waals surface area contributed by atoms with Crippen LogP contribution in [0, 0.1) is 6.92 Å². The molecule has 0 saturated heterocycles. The number of fused-ring (bicyclic) bond motifs is 1. The highest BCUT2D eigenvalue weighted by atomic mass is 19.4. The van der Waals surface area contributed by atoms with Gasteiger partial charge in [-0.1, -0.05) is 24.3 Å². The number of carbonyl (C=O) groups is 3. The number of halogens is 3. The van der Waals surface area contributed by atoms with Crippen molar-refractivity contribution in [1.82, 2.24) is 4.57 Å². The molecular formula is C21H17F3N2O4. The zero-order valence-electron chi connectivity index (χ0n) is 16.0. The molecule has 0 bridgehead atoms. The molecule has 156 valence electrons. The summed E-state index contributed by atoms with van der Waals surface area (Å²) in [6, 6.07) is 10.8. The molecular weight excluding hydrogens is 401 g/mol. The number of hydrogen-bond acceptors (Lipinski definition) is 4. The monoisotopic (exact) mass is 418 g/mol. The number of aryl methyl sites for hydroxylation is 1. The van der Waals surface area contributed by atoms with Crippen molar-refractivity contribution in [3.8, 4) is 0 Å². The van der Waals surface area contributed by atoms with E-state index in [-0.39, 0.29) is 23.0 Å². The van der Waals surface area contributed by atoms with Gasteiger partial charge in [0, 0.05) is 17.3 Å². The zero-order valence-corrected chi connectivity index (χ0v) is 16.0. The lowest BCUT2D eigenvalue weighted by atomic mass is 10.1. The Morgan fingerprint density at radius 3 is 2.43 bits per heavy atom. The summed E-state index contributed by atoms with van der Waals surface area (Å²) in [5, 5.41) is 2.66. The number of methoxy groups -OCH3 is 1. The second kappa shape index (κ2) is 8.02. The van der Waals surface area contributed by atoms with E-state index in [1.54, 1.807) is 31.2 Å². The number of hydrogen-bond donors (Lipinski definition) is 1. The number of ether oxygens (including phenoxy) is 1. The van der Waals surface area contributed by atoms with Gasteiger partial charge in [0.15, 0.2) is 0 Å². The highest BCUT2D eigenvalue weighted by Crippen LogP contribution is 2.29. The highest BCUT2D eigenvalue weighted by Gasteiger charge is 2.41. The maximum atomic E-state index is 13.0. The fourth-order valence-electron chi connectivity index (χ4n) is 3.06. The number of benzene rings is 2. The van der Waals surface area contributed by atoms with Crippen LogP contribution in [0.25, 0.3) is 10.9 Å². The van der Waals surface area contributed by atoms with E-state index in [1.165, 1.54) is 29.9 Å². The number of Topliss-reactive ketones (excluding diaryl/α,β-unsaturated/α-hetero) is 1. The van der Waals surface area contributed by atoms with E-state index in [0.29, 0.717) is 5.69 Å². The number of carbonyl (C=O) groups excluding carboxylic acids is 3. The predicted molar refractivity (Wildman–Crippen MR) is 103 cm³/mol. The number of para-hydroxylation sites is 1. The summed E-state index contributed by atoms with van der Waals surface area (Å²) in [6.07, 6.45) is -4.11. The first-order chi connectivity index (χ1) is 14.1. The lowest BCUT2D eigenvalue weighted by Gasteiger charge is -2.10. The van der Waals surface area contributed by atoms with Crippen LogP contribution in [0.15, 0.2) is 48.7 Å². The van der Waals surface area contributed by atoms with Gasteiger partial charge in [-0.2, -0.15) is 13.2 Å². The summed E-state index contributed by atoms with van der Waals surface area (Å²) in [7, 11) is 1.17. The van der Waals surface area contributed by atoms with Gasteiger partial charge in [0.1, 0.15) is 6.54 Å². The molecule has 0 aliphatic carbocycles. The lowest BCUT2D eigenvalue weighted by Crippen LogP contribution is -2.22. The minimum Gasteiger partial charge on any atom is -0.465 e. The van der Waals surface area contributed by atoms with Gasteiger partial charge in [0.05, 0.1) is 23.8 Å². The maximum absolute atomic E-state index is 13.0. The van der Waals surface area contributed by atoms with Crippen molar-refractivity contribution >= 4 is 34.3 Å². The molecule has 3 aromatic rings. The lowest BCUT2D eigenvalue weighted by molar-refractivity contribution is -0.116. The fraction of sp³-hybridized carbons (Fsp3) is 0.190. The third kappa shape index (κ3) is 4.19. The topological polar surface area (TPSA) is 77.4 Å². The Kier molecular flexibility index (Phi) is 5.64. The van der Waals surface area contributed by atoms with Crippen molar-refractivity contribution in [3.63, 3.8) is 0 Å². The Hall–Kier alpha value is -3.62. The van der Waals surface area contributed by atoms with Crippen LogP contribution in [0.5, 0.6) is 0 Å². The molecule has 3 rings (SSSR count). The van der Waals surface area contributed by atoms with Crippen LogP contribution in [-0.4, -0.2) is 35.5 Å². The number of ketones is 1. The quantitative estimate of drug-likeness (QED) is 0.500. The van der Waals surface area contributed by atoms with Crippen LogP contribution in [0.2, 0.25) is 0 Å². The minimum absolute atomic E-state index is 0.0198. The Labute approximate surface area is 169 Å². The maximum Gasteiger partial charge on any atom is 0.454 e. The van der Waals surface area contributed by atoms with E-state index in [9.17, 15) is 27.6 Å². The number of nitrogens with one attached hydrogen (secondary N) is 1. The number of aromatic nitrogens is 1. The van der Waals surface area contributed by atoms with E-state index in [1.807, 2.05) is 0 Å². The molecule has 0 saturated carbocycles. The number of rotatable bonds is 5. The van der Waals surface area contributed by atoms with E-state index >= 15 is 0 Å². The van der Waals surface area contributed by atoms with Crippen molar-refractivity contribution in [2.75, 3.05) is 12.4 Å². The number of nitrogens with zero attached hydrogens (tertiary/aromatic N) is 1. The molecule has 0 aliphatic rings. The van der Waals surface area contributed by atoms with Gasteiger partial charge in [-0.3, -0.25) is 9.59 Å². The van der Waals surface area contributed by atoms with Crippen molar-refractivity contribution in [1.29, 1.82) is 0 Å². The number of alkyl halides is 3. The molecule has 1 N–H and O–H groups in total. The molecule has 0 aliphatic heterocycles. The van der Waals surface area contributed by atoms with E-state index < -0.39 is 29.4 Å².